The molecule has 0 amide bonds. The number of hydrogen-bond acceptors (Lipinski definition) is 1. The smallest absolute Gasteiger partial charge is 0.142 e. The second kappa shape index (κ2) is 7.44. The van der Waals surface area contributed by atoms with Gasteiger partial charge in [-0.3, -0.25) is 0 Å². The molecule has 1 nitrogen and oxygen atoms in total. The van der Waals surface area contributed by atoms with E-state index in [1.165, 1.54) is 43.4 Å². The maximum atomic E-state index is 13.5. The van der Waals surface area contributed by atoms with Gasteiger partial charge in [0, 0.05) is 11.1 Å². The Kier molecular flexibility index (Phi) is 5.88. The maximum Gasteiger partial charge on any atom is 0.142 e. The largest absolute Gasteiger partial charge is 0.310 e. The Morgan fingerprint density at radius 3 is 2.75 bits per heavy atom. The molecule has 20 heavy (non-hydrogen) atoms. The molecule has 2 rings (SSSR count). The van der Waals surface area contributed by atoms with E-state index in [1.807, 2.05) is 6.92 Å². The zero-order valence-electron chi connectivity index (χ0n) is 11.7. The van der Waals surface area contributed by atoms with Gasteiger partial charge in [-0.1, -0.05) is 34.9 Å². The van der Waals surface area contributed by atoms with Crippen molar-refractivity contribution >= 4 is 23.2 Å². The predicted molar refractivity (Wildman–Crippen MR) is 84.0 cm³/mol. The van der Waals surface area contributed by atoms with Crippen LogP contribution in [-0.2, 0) is 0 Å². The van der Waals surface area contributed by atoms with Crippen molar-refractivity contribution < 1.29 is 4.39 Å². The summed E-state index contributed by atoms with van der Waals surface area (Å²) in [4.78, 5) is 0. The lowest BCUT2D eigenvalue weighted by molar-refractivity contribution is 0.556. The standard InChI is InChI=1S/C16H20Cl2FN/c1-11(13-9-16(19)15(18)10-14(13)17)20-8-7-12-5-3-2-4-6-12/h5,9-11,20H,2-4,6-8H2,1H3. The lowest BCUT2D eigenvalue weighted by Crippen LogP contribution is -2.21. The number of halogens is 3. The minimum Gasteiger partial charge on any atom is -0.310 e. The van der Waals surface area contributed by atoms with Gasteiger partial charge >= 0.3 is 0 Å². The molecule has 0 radical (unpaired) electrons. The van der Waals surface area contributed by atoms with E-state index in [2.05, 4.69) is 11.4 Å². The lowest BCUT2D eigenvalue weighted by Gasteiger charge is -2.18. The van der Waals surface area contributed by atoms with E-state index in [0.29, 0.717) is 5.02 Å². The van der Waals surface area contributed by atoms with E-state index in [4.69, 9.17) is 23.2 Å². The van der Waals surface area contributed by atoms with Gasteiger partial charge in [-0.25, -0.2) is 4.39 Å². The first kappa shape index (κ1) is 15.8. The molecule has 1 aromatic rings. The van der Waals surface area contributed by atoms with Crippen molar-refractivity contribution in [3.8, 4) is 0 Å². The van der Waals surface area contributed by atoms with E-state index < -0.39 is 5.82 Å². The second-order valence-electron chi connectivity index (χ2n) is 5.32. The summed E-state index contributed by atoms with van der Waals surface area (Å²) in [5, 5.41) is 3.97. The Morgan fingerprint density at radius 1 is 1.25 bits per heavy atom. The molecule has 1 atom stereocenters. The van der Waals surface area contributed by atoms with Gasteiger partial charge < -0.3 is 5.32 Å². The SMILES string of the molecule is CC(NCCC1=CCCCC1)c1cc(F)c(Cl)cc1Cl. The van der Waals surface area contributed by atoms with E-state index in [1.54, 1.807) is 0 Å². The third-order valence-electron chi connectivity index (χ3n) is 3.79. The van der Waals surface area contributed by atoms with Crippen LogP contribution in [0.2, 0.25) is 10.0 Å². The van der Waals surface area contributed by atoms with Crippen molar-refractivity contribution in [1.82, 2.24) is 5.32 Å². The molecule has 0 aromatic heterocycles. The monoisotopic (exact) mass is 315 g/mol. The van der Waals surface area contributed by atoms with Crippen LogP contribution in [0, 0.1) is 5.82 Å². The van der Waals surface area contributed by atoms with Gasteiger partial charge in [0.15, 0.2) is 0 Å². The van der Waals surface area contributed by atoms with E-state index in [9.17, 15) is 4.39 Å². The van der Waals surface area contributed by atoms with Crippen molar-refractivity contribution in [2.75, 3.05) is 6.54 Å². The van der Waals surface area contributed by atoms with Crippen LogP contribution < -0.4 is 5.32 Å². The normalized spacial score (nSPS) is 16.9. The van der Waals surface area contributed by atoms with Crippen molar-refractivity contribution in [2.24, 2.45) is 0 Å². The van der Waals surface area contributed by atoms with Crippen LogP contribution in [0.5, 0.6) is 0 Å². The summed E-state index contributed by atoms with van der Waals surface area (Å²) < 4.78 is 13.5. The van der Waals surface area contributed by atoms with Gasteiger partial charge in [0.05, 0.1) is 5.02 Å². The fourth-order valence-electron chi connectivity index (χ4n) is 2.56. The van der Waals surface area contributed by atoms with E-state index >= 15 is 0 Å². The van der Waals surface area contributed by atoms with Crippen LogP contribution in [0.1, 0.15) is 50.6 Å². The molecule has 0 saturated carbocycles. The lowest BCUT2D eigenvalue weighted by atomic mass is 9.97. The topological polar surface area (TPSA) is 12.0 Å². The number of rotatable bonds is 5. The minimum absolute atomic E-state index is 0.0125. The van der Waals surface area contributed by atoms with Crippen molar-refractivity contribution in [1.29, 1.82) is 0 Å². The van der Waals surface area contributed by atoms with Crippen molar-refractivity contribution in [3.05, 3.63) is 45.2 Å². The summed E-state index contributed by atoms with van der Waals surface area (Å²) >= 11 is 11.8. The molecule has 1 aliphatic carbocycles. The first-order valence-electron chi connectivity index (χ1n) is 7.13. The Morgan fingerprint density at radius 2 is 2.05 bits per heavy atom. The summed E-state index contributed by atoms with van der Waals surface area (Å²) in [5.74, 6) is -0.422. The number of hydrogen-bond donors (Lipinski definition) is 1. The fourth-order valence-corrected chi connectivity index (χ4v) is 3.11. The highest BCUT2D eigenvalue weighted by atomic mass is 35.5. The number of allylic oxidation sites excluding steroid dienone is 1. The van der Waals surface area contributed by atoms with Gasteiger partial charge in [-0.05, 0) is 63.3 Å². The summed E-state index contributed by atoms with van der Waals surface area (Å²) in [6.45, 7) is 2.87. The first-order valence-corrected chi connectivity index (χ1v) is 7.89. The first-order chi connectivity index (χ1) is 9.58. The average molecular weight is 316 g/mol. The van der Waals surface area contributed by atoms with Crippen LogP contribution in [0.4, 0.5) is 4.39 Å². The molecule has 110 valence electrons. The summed E-state index contributed by atoms with van der Waals surface area (Å²) in [5.41, 5.74) is 2.29. The van der Waals surface area contributed by atoms with Crippen LogP contribution in [0.15, 0.2) is 23.8 Å². The van der Waals surface area contributed by atoms with E-state index in [0.717, 1.165) is 18.5 Å². The molecule has 4 heteroatoms. The Labute approximate surface area is 130 Å². The molecule has 0 aliphatic heterocycles. The molecule has 0 heterocycles. The number of nitrogens with one attached hydrogen (secondary N) is 1. The Balaban J connectivity index is 1.90. The molecule has 0 bridgehead atoms. The zero-order valence-corrected chi connectivity index (χ0v) is 13.2. The molecule has 0 spiro atoms. The molecular weight excluding hydrogens is 296 g/mol. The highest BCUT2D eigenvalue weighted by Gasteiger charge is 2.13. The summed E-state index contributed by atoms with van der Waals surface area (Å²) in [6, 6.07) is 2.90. The molecular formula is C16H20Cl2FN. The number of benzene rings is 1. The van der Waals surface area contributed by atoms with Crippen LogP contribution in [0.25, 0.3) is 0 Å². The van der Waals surface area contributed by atoms with Crippen LogP contribution in [0.3, 0.4) is 0 Å². The molecule has 1 aliphatic rings. The van der Waals surface area contributed by atoms with Gasteiger partial charge in [-0.15, -0.1) is 0 Å². The molecule has 1 N–H and O–H groups in total. The Bertz CT molecular complexity index is 499. The van der Waals surface area contributed by atoms with Crippen molar-refractivity contribution in [3.63, 3.8) is 0 Å². The molecule has 0 saturated heterocycles. The van der Waals surface area contributed by atoms with Crippen LogP contribution >= 0.6 is 23.2 Å². The Hall–Kier alpha value is -0.570. The highest BCUT2D eigenvalue weighted by Crippen LogP contribution is 2.28. The maximum absolute atomic E-state index is 13.5. The minimum atomic E-state index is -0.422. The van der Waals surface area contributed by atoms with Gasteiger partial charge in [0.1, 0.15) is 5.82 Å². The van der Waals surface area contributed by atoms with Crippen molar-refractivity contribution in [2.45, 2.75) is 45.1 Å². The van der Waals surface area contributed by atoms with E-state index in [-0.39, 0.29) is 11.1 Å². The predicted octanol–water partition coefficient (Wildman–Crippen LogP) is 5.67. The zero-order chi connectivity index (χ0) is 14.5. The van der Waals surface area contributed by atoms with Gasteiger partial charge in [0.25, 0.3) is 0 Å². The summed E-state index contributed by atoms with van der Waals surface area (Å²) in [6.07, 6.45) is 8.44. The highest BCUT2D eigenvalue weighted by molar-refractivity contribution is 6.35. The molecule has 0 fully saturated rings. The quantitative estimate of drug-likeness (QED) is 0.545. The third kappa shape index (κ3) is 4.21. The third-order valence-corrected chi connectivity index (χ3v) is 4.40. The second-order valence-corrected chi connectivity index (χ2v) is 6.14. The van der Waals surface area contributed by atoms with Gasteiger partial charge in [-0.2, -0.15) is 0 Å². The van der Waals surface area contributed by atoms with Gasteiger partial charge in [0.2, 0.25) is 0 Å². The molecule has 1 unspecified atom stereocenters. The summed E-state index contributed by atoms with van der Waals surface area (Å²) in [7, 11) is 0. The van der Waals surface area contributed by atoms with Crippen LogP contribution in [-0.4, -0.2) is 6.54 Å². The molecule has 1 aromatic carbocycles. The fraction of sp³-hybridized carbons (Fsp3) is 0.500. The average Bonchev–Trinajstić information content (AvgIpc) is 2.44.